The number of carboxylic acid groups (broad SMARTS) is 3. The van der Waals surface area contributed by atoms with Crippen molar-refractivity contribution in [3.05, 3.63) is 119 Å². The van der Waals surface area contributed by atoms with Crippen LogP contribution in [0.25, 0.3) is 32.6 Å². The third kappa shape index (κ3) is 20.2. The van der Waals surface area contributed by atoms with Crippen LogP contribution in [0.3, 0.4) is 0 Å². The number of aldehydes is 1. The molecule has 2 heterocycles. The van der Waals surface area contributed by atoms with Crippen molar-refractivity contribution >= 4 is 95.9 Å². The summed E-state index contributed by atoms with van der Waals surface area (Å²) < 4.78 is 12.2. The Hall–Kier alpha value is -6.84. The normalized spacial score (nSPS) is 12.9. The number of aliphatic hydroxyl groups is 1. The summed E-state index contributed by atoms with van der Waals surface area (Å²) in [5, 5.41) is 49.8. The first-order valence-electron chi connectivity index (χ1n) is 25.7. The van der Waals surface area contributed by atoms with Crippen molar-refractivity contribution in [2.45, 2.75) is 111 Å². The maximum Gasteiger partial charge on any atom is 0.326 e. The molecule has 20 heteroatoms. The molecule has 0 saturated carbocycles. The number of anilines is 1. The van der Waals surface area contributed by atoms with Gasteiger partial charge in [0.25, 0.3) is 11.9 Å². The largest absolute Gasteiger partial charge is 0.480 e. The Morgan fingerprint density at radius 2 is 1.48 bits per heavy atom. The summed E-state index contributed by atoms with van der Waals surface area (Å²) in [5.41, 5.74) is 11.0. The lowest BCUT2D eigenvalue weighted by Gasteiger charge is -2.21. The molecular formula is C57H74N6O12S2. The van der Waals surface area contributed by atoms with E-state index in [1.807, 2.05) is 92.7 Å². The Morgan fingerprint density at radius 1 is 0.792 bits per heavy atom. The minimum atomic E-state index is -1.25. The van der Waals surface area contributed by atoms with Crippen LogP contribution in [0.4, 0.5) is 5.69 Å². The Kier molecular flexibility index (Phi) is 26.6. The number of aryl methyl sites for hydroxylation is 1. The number of nitrogens with two attached hydrogens (primary N) is 1. The van der Waals surface area contributed by atoms with Crippen molar-refractivity contribution in [3.63, 3.8) is 0 Å². The number of ether oxygens (including phenoxy) is 2. The number of nitrogens with one attached hydrogen (secondary N) is 5. The molecule has 416 valence electrons. The van der Waals surface area contributed by atoms with E-state index in [9.17, 15) is 44.1 Å². The number of allylic oxidation sites excluding steroid dienone is 1. The predicted octanol–water partition coefficient (Wildman–Crippen LogP) is 10.0. The fourth-order valence-electron chi connectivity index (χ4n) is 7.73. The van der Waals surface area contributed by atoms with Crippen LogP contribution in [0.15, 0.2) is 97.0 Å². The van der Waals surface area contributed by atoms with Crippen LogP contribution in [0, 0.1) is 12.8 Å². The van der Waals surface area contributed by atoms with E-state index in [4.69, 9.17) is 20.3 Å². The third-order valence-electron chi connectivity index (χ3n) is 12.3. The van der Waals surface area contributed by atoms with E-state index in [0.29, 0.717) is 47.6 Å². The number of benzene rings is 4. The van der Waals surface area contributed by atoms with Gasteiger partial charge in [-0.15, -0.1) is 0 Å². The maximum absolute atomic E-state index is 12.4. The topological polar surface area (TPSA) is 295 Å². The molecule has 2 amide bonds. The van der Waals surface area contributed by atoms with Crippen LogP contribution in [0.2, 0.25) is 0 Å². The molecule has 0 aliphatic rings. The van der Waals surface area contributed by atoms with Gasteiger partial charge >= 0.3 is 17.9 Å². The first kappa shape index (κ1) is 62.7. The van der Waals surface area contributed by atoms with Crippen LogP contribution in [-0.4, -0.2) is 116 Å². The number of carbonyl (C=O) groups is 6. The van der Waals surface area contributed by atoms with E-state index in [1.165, 1.54) is 28.0 Å². The van der Waals surface area contributed by atoms with E-state index in [-0.39, 0.29) is 56.4 Å². The monoisotopic (exact) mass is 1100 g/mol. The molecule has 77 heavy (non-hydrogen) atoms. The molecule has 0 fully saturated rings. The lowest BCUT2D eigenvalue weighted by Crippen LogP contribution is -2.43. The second kappa shape index (κ2) is 32.7. The number of aromatic amines is 2. The van der Waals surface area contributed by atoms with Gasteiger partial charge in [-0.05, 0) is 117 Å². The zero-order valence-electron chi connectivity index (χ0n) is 44.6. The van der Waals surface area contributed by atoms with Crippen molar-refractivity contribution in [1.29, 1.82) is 0 Å². The van der Waals surface area contributed by atoms with Gasteiger partial charge in [0, 0.05) is 63.3 Å². The molecule has 0 bridgehead atoms. The molecule has 0 aliphatic heterocycles. The molecule has 6 aromatic rings. The molecular weight excluding hydrogens is 1020 g/mol. The lowest BCUT2D eigenvalue weighted by atomic mass is 9.88. The highest BCUT2D eigenvalue weighted by Gasteiger charge is 2.23. The highest BCUT2D eigenvalue weighted by Crippen LogP contribution is 2.37. The van der Waals surface area contributed by atoms with Gasteiger partial charge in [-0.1, -0.05) is 105 Å². The van der Waals surface area contributed by atoms with Crippen molar-refractivity contribution < 1.29 is 58.7 Å². The summed E-state index contributed by atoms with van der Waals surface area (Å²) in [4.78, 5) is 75.4. The van der Waals surface area contributed by atoms with E-state index >= 15 is 0 Å². The summed E-state index contributed by atoms with van der Waals surface area (Å²) in [5.74, 6) is -1.59. The van der Waals surface area contributed by atoms with Crippen LogP contribution >= 0.6 is 21.6 Å². The van der Waals surface area contributed by atoms with Crippen molar-refractivity contribution in [2.75, 3.05) is 36.6 Å². The van der Waals surface area contributed by atoms with Crippen LogP contribution in [-0.2, 0) is 23.9 Å². The number of rotatable bonds is 29. The Balaban J connectivity index is 0.000000372. The summed E-state index contributed by atoms with van der Waals surface area (Å²) in [6.45, 7) is 13.3. The molecule has 6 rings (SSSR count). The summed E-state index contributed by atoms with van der Waals surface area (Å²) in [6.07, 6.45) is 5.43. The lowest BCUT2D eigenvalue weighted by molar-refractivity contribution is -0.142. The number of aromatic nitrogens is 2. The molecule has 0 aliphatic carbocycles. The van der Waals surface area contributed by atoms with Crippen molar-refractivity contribution in [1.82, 2.24) is 20.6 Å². The smallest absolute Gasteiger partial charge is 0.326 e. The number of aliphatic carboxylic acids is 3. The molecule has 4 unspecified atom stereocenters. The second-order valence-electron chi connectivity index (χ2n) is 18.5. The van der Waals surface area contributed by atoms with Gasteiger partial charge in [-0.3, -0.25) is 24.0 Å². The number of amides is 2. The minimum Gasteiger partial charge on any atom is -0.480 e. The number of aliphatic hydroxyl groups excluding tert-OH is 1. The summed E-state index contributed by atoms with van der Waals surface area (Å²) in [7, 11) is 2.82. The van der Waals surface area contributed by atoms with Crippen molar-refractivity contribution in [2.24, 2.45) is 11.7 Å². The highest BCUT2D eigenvalue weighted by molar-refractivity contribution is 8.76. The number of fused-ring (bicyclic) bond motifs is 3. The molecule has 18 nitrogen and oxygen atoms in total. The molecule has 2 aromatic heterocycles. The van der Waals surface area contributed by atoms with Crippen LogP contribution in [0.1, 0.15) is 118 Å². The van der Waals surface area contributed by atoms with Crippen molar-refractivity contribution in [3.8, 4) is 5.75 Å². The number of hydrogen-bond donors (Lipinski definition) is 10. The standard InChI is InChI=1S/C34H49N3O10S2.C18H13N3O2.C5H12/c1-4-9-30(47-28-18-21(3)31(22(5-2)19-38)24-11-7-6-10-23(24)28)46-16-17-48-49-20-27(34(44)45)36-15-8-12-26(33(42)43)37-29(39)14-13-25(35)32(40)41;22-10-14-8-12-7-13(5-6-16(12)19-14)20-18(23)17-9-11-3-1-2-4-15(11)21-17;1-4-5(2)3/h6-7,9-11,18,22,25-27,36,38H,4-5,8,12-17,19-20,35H2,1-3H3,(H,37,39)(H,40,41)(H,42,43)(H,44,45);1-10,19,21H,(H,20,23);5H,4H2,1-3H3/b30-9+;;. The zero-order chi connectivity index (χ0) is 56.4. The number of hydrogen-bond acceptors (Lipinski definition) is 13. The van der Waals surface area contributed by atoms with E-state index < -0.39 is 41.9 Å². The fourth-order valence-corrected chi connectivity index (χ4v) is 9.75. The molecule has 0 saturated heterocycles. The number of carbonyl (C=O) groups excluding carboxylic acids is 3. The van der Waals surface area contributed by atoms with E-state index in [2.05, 4.69) is 53.6 Å². The van der Waals surface area contributed by atoms with Gasteiger partial charge in [0.1, 0.15) is 36.2 Å². The fraction of sp³-hybridized carbons (Fsp3) is 0.404. The SMILES string of the molecule is CC/C=C(\OCCSSCC(NCCCC(NC(=O)CCC(N)C(=O)O)C(=O)O)C(=O)O)Oc1cc(C)c(C(CC)CO)c2ccccc12.CCC(C)C.O=Cc1cc2cc(NC(=O)c3cc4ccccc4[nH]3)ccc2[nH]1. The number of carboxylic acids is 3. The first-order valence-corrected chi connectivity index (χ1v) is 28.2. The van der Waals surface area contributed by atoms with Gasteiger partial charge in [-0.2, -0.15) is 0 Å². The molecule has 4 atom stereocenters. The second-order valence-corrected chi connectivity index (χ2v) is 21.2. The Bertz CT molecular complexity index is 2880. The molecule has 0 spiro atoms. The number of H-pyrrole nitrogens is 2. The van der Waals surface area contributed by atoms with Gasteiger partial charge in [-0.25, -0.2) is 4.79 Å². The first-order chi connectivity index (χ1) is 36.9. The minimum absolute atomic E-state index is 0.0275. The van der Waals surface area contributed by atoms with Crippen LogP contribution in [0.5, 0.6) is 5.75 Å². The summed E-state index contributed by atoms with van der Waals surface area (Å²) >= 11 is 0. The van der Waals surface area contributed by atoms with Gasteiger partial charge in [0.15, 0.2) is 6.29 Å². The van der Waals surface area contributed by atoms with Gasteiger partial charge in [0.2, 0.25) is 5.91 Å². The average Bonchev–Trinajstić information content (AvgIpc) is 4.06. The Labute approximate surface area is 457 Å². The highest BCUT2D eigenvalue weighted by atomic mass is 33.1. The quantitative estimate of drug-likeness (QED) is 0.00904. The van der Waals surface area contributed by atoms with E-state index in [1.54, 1.807) is 12.1 Å². The molecule has 0 radical (unpaired) electrons. The maximum atomic E-state index is 12.4. The van der Waals surface area contributed by atoms with Gasteiger partial charge in [0.05, 0.1) is 5.69 Å². The number of para-hydroxylation sites is 1. The molecule has 4 aromatic carbocycles. The Morgan fingerprint density at radius 3 is 2.12 bits per heavy atom. The predicted molar refractivity (Wildman–Crippen MR) is 307 cm³/mol. The zero-order valence-corrected chi connectivity index (χ0v) is 46.2. The average molecular weight is 1100 g/mol. The summed E-state index contributed by atoms with van der Waals surface area (Å²) in [6, 6.07) is 23.4. The molecule has 11 N–H and O–H groups in total. The van der Waals surface area contributed by atoms with Crippen LogP contribution < -0.4 is 26.4 Å². The third-order valence-corrected chi connectivity index (χ3v) is 14.7. The van der Waals surface area contributed by atoms with E-state index in [0.717, 1.165) is 62.3 Å². The van der Waals surface area contributed by atoms with Gasteiger partial charge < -0.3 is 61.6 Å².